The third-order valence-corrected chi connectivity index (χ3v) is 4.01. The van der Waals surface area contributed by atoms with Gasteiger partial charge in [-0.15, -0.1) is 11.3 Å². The van der Waals surface area contributed by atoms with Crippen LogP contribution in [0.2, 0.25) is 0 Å². The van der Waals surface area contributed by atoms with E-state index >= 15 is 0 Å². The van der Waals surface area contributed by atoms with Gasteiger partial charge in [0.05, 0.1) is 47.5 Å². The maximum absolute atomic E-state index is 4.53. The molecule has 0 saturated carbocycles. The van der Waals surface area contributed by atoms with Crippen LogP contribution in [0, 0.1) is 0 Å². The molecule has 1 aliphatic heterocycles. The molecule has 3 aromatic rings. The molecule has 94 valence electrons. The summed E-state index contributed by atoms with van der Waals surface area (Å²) in [6.45, 7) is 1.63. The van der Waals surface area contributed by atoms with E-state index in [4.69, 9.17) is 0 Å². The summed E-state index contributed by atoms with van der Waals surface area (Å²) < 4.78 is 0. The summed E-state index contributed by atoms with van der Waals surface area (Å²) in [5, 5.41) is 6.74. The van der Waals surface area contributed by atoms with Gasteiger partial charge in [0.15, 0.2) is 0 Å². The molecule has 4 nitrogen and oxygen atoms in total. The summed E-state index contributed by atoms with van der Waals surface area (Å²) >= 11 is 1.63. The lowest BCUT2D eigenvalue weighted by Crippen LogP contribution is -2.22. The molecule has 0 aliphatic carbocycles. The number of anilines is 2. The SMILES string of the molecule is c1ccc2c3c(cnc2c1)N(Cc1cscn1)CN3. The Morgan fingerprint density at radius 1 is 1.26 bits per heavy atom. The van der Waals surface area contributed by atoms with E-state index in [1.165, 1.54) is 11.1 Å². The van der Waals surface area contributed by atoms with E-state index in [0.717, 1.165) is 30.1 Å². The second kappa shape index (κ2) is 4.20. The largest absolute Gasteiger partial charge is 0.365 e. The van der Waals surface area contributed by atoms with E-state index in [1.807, 2.05) is 23.8 Å². The summed E-state index contributed by atoms with van der Waals surface area (Å²) in [5.41, 5.74) is 6.35. The topological polar surface area (TPSA) is 41.1 Å². The number of aromatic nitrogens is 2. The first-order chi connectivity index (χ1) is 9.42. The van der Waals surface area contributed by atoms with E-state index in [9.17, 15) is 0 Å². The number of fused-ring (bicyclic) bond motifs is 3. The fourth-order valence-electron chi connectivity index (χ4n) is 2.47. The van der Waals surface area contributed by atoms with E-state index < -0.39 is 0 Å². The van der Waals surface area contributed by atoms with Gasteiger partial charge >= 0.3 is 0 Å². The summed E-state index contributed by atoms with van der Waals surface area (Å²) in [5.74, 6) is 0. The second-order valence-corrected chi connectivity index (χ2v) is 5.27. The van der Waals surface area contributed by atoms with Crippen LogP contribution in [0.1, 0.15) is 5.69 Å². The Morgan fingerprint density at radius 3 is 3.11 bits per heavy atom. The van der Waals surface area contributed by atoms with E-state index in [-0.39, 0.29) is 0 Å². The second-order valence-electron chi connectivity index (χ2n) is 4.55. The van der Waals surface area contributed by atoms with Gasteiger partial charge < -0.3 is 10.2 Å². The van der Waals surface area contributed by atoms with Gasteiger partial charge in [0.25, 0.3) is 0 Å². The highest BCUT2D eigenvalue weighted by molar-refractivity contribution is 7.07. The first-order valence-corrected chi connectivity index (χ1v) is 7.10. The Morgan fingerprint density at radius 2 is 2.21 bits per heavy atom. The van der Waals surface area contributed by atoms with Crippen molar-refractivity contribution in [1.82, 2.24) is 9.97 Å². The van der Waals surface area contributed by atoms with Gasteiger partial charge in [0.1, 0.15) is 0 Å². The monoisotopic (exact) mass is 268 g/mol. The van der Waals surface area contributed by atoms with E-state index in [0.29, 0.717) is 0 Å². The molecule has 1 aromatic carbocycles. The fourth-order valence-corrected chi connectivity index (χ4v) is 3.02. The lowest BCUT2D eigenvalue weighted by Gasteiger charge is -2.16. The van der Waals surface area contributed by atoms with Crippen LogP contribution in [-0.4, -0.2) is 16.6 Å². The number of benzene rings is 1. The zero-order valence-corrected chi connectivity index (χ0v) is 11.0. The van der Waals surface area contributed by atoms with Crippen molar-refractivity contribution in [3.8, 4) is 0 Å². The van der Waals surface area contributed by atoms with Crippen LogP contribution in [0.25, 0.3) is 10.9 Å². The van der Waals surface area contributed by atoms with Crippen LogP contribution in [0.4, 0.5) is 11.4 Å². The Balaban J connectivity index is 1.77. The number of rotatable bonds is 2. The number of hydrogen-bond donors (Lipinski definition) is 1. The minimum Gasteiger partial charge on any atom is -0.365 e. The molecule has 1 N–H and O–H groups in total. The molecule has 1 aliphatic rings. The highest BCUT2D eigenvalue weighted by Crippen LogP contribution is 2.37. The molecule has 0 atom stereocenters. The highest BCUT2D eigenvalue weighted by atomic mass is 32.1. The fraction of sp³-hybridized carbons (Fsp3) is 0.143. The summed E-state index contributed by atoms with van der Waals surface area (Å²) in [7, 11) is 0. The summed E-state index contributed by atoms with van der Waals surface area (Å²) in [6, 6.07) is 8.22. The van der Waals surface area contributed by atoms with Gasteiger partial charge in [0.2, 0.25) is 0 Å². The molecule has 0 fully saturated rings. The van der Waals surface area contributed by atoms with Crippen LogP contribution in [0.5, 0.6) is 0 Å². The maximum atomic E-state index is 4.53. The molecule has 2 aromatic heterocycles. The van der Waals surface area contributed by atoms with Gasteiger partial charge in [-0.2, -0.15) is 0 Å². The summed E-state index contributed by atoms with van der Waals surface area (Å²) in [4.78, 5) is 11.1. The Labute approximate surface area is 114 Å². The molecule has 3 heterocycles. The van der Waals surface area contributed by atoms with Crippen molar-refractivity contribution in [2.75, 3.05) is 16.9 Å². The molecule has 0 amide bonds. The third kappa shape index (κ3) is 1.74. The smallest absolute Gasteiger partial charge is 0.0882 e. The van der Waals surface area contributed by atoms with Crippen LogP contribution in [-0.2, 0) is 6.54 Å². The lowest BCUT2D eigenvalue weighted by molar-refractivity contribution is 0.849. The van der Waals surface area contributed by atoms with E-state index in [1.54, 1.807) is 11.3 Å². The number of nitrogens with one attached hydrogen (secondary N) is 1. The zero-order valence-electron chi connectivity index (χ0n) is 10.2. The number of thiazole rings is 1. The predicted octanol–water partition coefficient (Wildman–Crippen LogP) is 3.08. The molecule has 19 heavy (non-hydrogen) atoms. The van der Waals surface area contributed by atoms with Gasteiger partial charge in [-0.25, -0.2) is 4.98 Å². The van der Waals surface area contributed by atoms with Crippen LogP contribution < -0.4 is 10.2 Å². The van der Waals surface area contributed by atoms with Crippen LogP contribution in [0.15, 0.2) is 41.4 Å². The lowest BCUT2D eigenvalue weighted by atomic mass is 10.1. The Kier molecular flexibility index (Phi) is 2.38. The van der Waals surface area contributed by atoms with Gasteiger partial charge in [-0.3, -0.25) is 4.98 Å². The molecular formula is C14H12N4S. The zero-order chi connectivity index (χ0) is 12.7. The Hall–Kier alpha value is -2.14. The highest BCUT2D eigenvalue weighted by Gasteiger charge is 2.21. The van der Waals surface area contributed by atoms with Gasteiger partial charge in [0, 0.05) is 10.8 Å². The van der Waals surface area contributed by atoms with Crippen molar-refractivity contribution in [3.63, 3.8) is 0 Å². The summed E-state index contributed by atoms with van der Waals surface area (Å²) in [6.07, 6.45) is 1.95. The Bertz CT molecular complexity index is 723. The average molecular weight is 268 g/mol. The van der Waals surface area contributed by atoms with Crippen LogP contribution >= 0.6 is 11.3 Å². The molecule has 0 spiro atoms. The van der Waals surface area contributed by atoms with Crippen molar-refractivity contribution in [3.05, 3.63) is 47.0 Å². The standard InChI is InChI=1S/C14H12N4S/c1-2-4-12-11(3-1)14-13(5-15-12)18(8-16-14)6-10-7-19-9-17-10/h1-5,7,9,16H,6,8H2. The van der Waals surface area contributed by atoms with Crippen LogP contribution in [0.3, 0.4) is 0 Å². The number of para-hydroxylation sites is 1. The molecule has 0 bridgehead atoms. The van der Waals surface area contributed by atoms with Crippen molar-refractivity contribution >= 4 is 33.6 Å². The van der Waals surface area contributed by atoms with Crippen molar-refractivity contribution < 1.29 is 0 Å². The van der Waals surface area contributed by atoms with Crippen molar-refractivity contribution in [2.24, 2.45) is 0 Å². The molecule has 5 heteroatoms. The minimum atomic E-state index is 0.808. The first-order valence-electron chi connectivity index (χ1n) is 6.15. The number of nitrogens with zero attached hydrogens (tertiary/aromatic N) is 3. The molecular weight excluding hydrogens is 256 g/mol. The minimum absolute atomic E-state index is 0.808. The average Bonchev–Trinajstić information content (AvgIpc) is 3.09. The first kappa shape index (κ1) is 10.8. The molecule has 0 unspecified atom stereocenters. The third-order valence-electron chi connectivity index (χ3n) is 3.38. The van der Waals surface area contributed by atoms with E-state index in [2.05, 4.69) is 37.7 Å². The molecule has 0 radical (unpaired) electrons. The molecule has 4 rings (SSSR count). The number of pyridine rings is 1. The van der Waals surface area contributed by atoms with Gasteiger partial charge in [-0.1, -0.05) is 18.2 Å². The molecule has 0 saturated heterocycles. The number of hydrogen-bond acceptors (Lipinski definition) is 5. The van der Waals surface area contributed by atoms with Gasteiger partial charge in [-0.05, 0) is 6.07 Å². The predicted molar refractivity (Wildman–Crippen MR) is 78.5 cm³/mol. The quantitative estimate of drug-likeness (QED) is 0.775. The maximum Gasteiger partial charge on any atom is 0.0882 e. The normalized spacial score (nSPS) is 13.6. The van der Waals surface area contributed by atoms with Crippen molar-refractivity contribution in [2.45, 2.75) is 6.54 Å². The van der Waals surface area contributed by atoms with Crippen molar-refractivity contribution in [1.29, 1.82) is 0 Å².